The Balaban J connectivity index is 1.99. The van der Waals surface area contributed by atoms with Gasteiger partial charge >= 0.3 is 0 Å². The van der Waals surface area contributed by atoms with E-state index in [-0.39, 0.29) is 0 Å². The summed E-state index contributed by atoms with van der Waals surface area (Å²) < 4.78 is 5.92. The zero-order chi connectivity index (χ0) is 13.5. The maximum atomic E-state index is 5.92. The van der Waals surface area contributed by atoms with E-state index in [9.17, 15) is 0 Å². The van der Waals surface area contributed by atoms with Gasteiger partial charge in [-0.15, -0.1) is 0 Å². The van der Waals surface area contributed by atoms with Crippen LogP contribution >= 0.6 is 11.8 Å². The smallest absolute Gasteiger partial charge is 0.226 e. The molecular formula is C14H16N4OS. The van der Waals surface area contributed by atoms with Crippen LogP contribution in [-0.2, 0) is 0 Å². The molecule has 4 heterocycles. The van der Waals surface area contributed by atoms with Gasteiger partial charge in [0, 0.05) is 12.7 Å². The van der Waals surface area contributed by atoms with E-state index >= 15 is 0 Å². The average Bonchev–Trinajstić information content (AvgIpc) is 2.67. The standard InChI is InChI=1S/C14H16N4OS/c1-20-14-16-10-5-6-15-13-11(10)12(17-14)18-7-3-2-4-9(18)8-19-13/h5-6,9H,2-4,7-8H2,1H3/t9-/m0/s1. The van der Waals surface area contributed by atoms with Crippen LogP contribution in [0, 0.1) is 0 Å². The lowest BCUT2D eigenvalue weighted by molar-refractivity contribution is 0.260. The van der Waals surface area contributed by atoms with Crippen LogP contribution < -0.4 is 9.64 Å². The minimum atomic E-state index is 0.408. The zero-order valence-corrected chi connectivity index (χ0v) is 12.2. The molecule has 0 spiro atoms. The van der Waals surface area contributed by atoms with Gasteiger partial charge in [0.1, 0.15) is 17.8 Å². The van der Waals surface area contributed by atoms with E-state index in [1.165, 1.54) is 12.8 Å². The molecule has 1 saturated heterocycles. The Labute approximate surface area is 121 Å². The van der Waals surface area contributed by atoms with Crippen LogP contribution in [0.25, 0.3) is 10.9 Å². The van der Waals surface area contributed by atoms with Gasteiger partial charge in [0.2, 0.25) is 5.88 Å². The summed E-state index contributed by atoms with van der Waals surface area (Å²) in [7, 11) is 0. The highest BCUT2D eigenvalue weighted by Crippen LogP contribution is 2.37. The molecule has 1 fully saturated rings. The average molecular weight is 288 g/mol. The lowest BCUT2D eigenvalue weighted by atomic mass is 10.0. The van der Waals surface area contributed by atoms with Crippen molar-refractivity contribution in [3.05, 3.63) is 12.3 Å². The van der Waals surface area contributed by atoms with Gasteiger partial charge in [-0.25, -0.2) is 15.0 Å². The summed E-state index contributed by atoms with van der Waals surface area (Å²) in [6, 6.07) is 2.35. The summed E-state index contributed by atoms with van der Waals surface area (Å²) in [6.07, 6.45) is 7.41. The molecule has 2 aromatic heterocycles. The highest BCUT2D eigenvalue weighted by molar-refractivity contribution is 7.98. The maximum absolute atomic E-state index is 5.92. The number of hydrogen-bond acceptors (Lipinski definition) is 6. The number of fused-ring (bicyclic) bond motifs is 2. The quantitative estimate of drug-likeness (QED) is 0.593. The maximum Gasteiger partial charge on any atom is 0.226 e. The van der Waals surface area contributed by atoms with Crippen LogP contribution in [0.3, 0.4) is 0 Å². The molecule has 20 heavy (non-hydrogen) atoms. The Morgan fingerprint density at radius 1 is 1.35 bits per heavy atom. The first-order valence-corrected chi connectivity index (χ1v) is 8.19. The molecule has 0 radical (unpaired) electrons. The van der Waals surface area contributed by atoms with Crippen molar-refractivity contribution in [1.29, 1.82) is 0 Å². The predicted octanol–water partition coefficient (Wildman–Crippen LogP) is 2.50. The van der Waals surface area contributed by atoms with Gasteiger partial charge in [-0.2, -0.15) is 0 Å². The molecule has 6 heteroatoms. The monoisotopic (exact) mass is 288 g/mol. The summed E-state index contributed by atoms with van der Waals surface area (Å²) in [6.45, 7) is 1.74. The van der Waals surface area contributed by atoms with Crippen molar-refractivity contribution in [2.24, 2.45) is 0 Å². The number of piperidine rings is 1. The van der Waals surface area contributed by atoms with Crippen molar-refractivity contribution in [3.8, 4) is 5.88 Å². The van der Waals surface area contributed by atoms with E-state index in [0.29, 0.717) is 18.5 Å². The van der Waals surface area contributed by atoms with Gasteiger partial charge in [-0.05, 0) is 31.6 Å². The van der Waals surface area contributed by atoms with Crippen LogP contribution in [0.1, 0.15) is 19.3 Å². The molecule has 0 unspecified atom stereocenters. The number of anilines is 1. The highest BCUT2D eigenvalue weighted by atomic mass is 32.2. The number of nitrogens with zero attached hydrogens (tertiary/aromatic N) is 4. The third kappa shape index (κ3) is 1.82. The molecule has 2 aliphatic heterocycles. The molecule has 1 atom stereocenters. The Morgan fingerprint density at radius 3 is 3.20 bits per heavy atom. The summed E-state index contributed by atoms with van der Waals surface area (Å²) in [4.78, 5) is 16.1. The highest BCUT2D eigenvalue weighted by Gasteiger charge is 2.30. The van der Waals surface area contributed by atoms with E-state index in [2.05, 4.69) is 14.9 Å². The molecule has 0 amide bonds. The van der Waals surface area contributed by atoms with E-state index < -0.39 is 0 Å². The topological polar surface area (TPSA) is 51.1 Å². The molecule has 0 bridgehead atoms. The summed E-state index contributed by atoms with van der Waals surface area (Å²) in [5.74, 6) is 1.68. The molecule has 2 aliphatic rings. The molecule has 4 rings (SSSR count). The fourth-order valence-corrected chi connectivity index (χ4v) is 3.41. The van der Waals surface area contributed by atoms with E-state index in [1.807, 2.05) is 12.3 Å². The number of ether oxygens (including phenoxy) is 1. The second-order valence-electron chi connectivity index (χ2n) is 5.20. The molecule has 0 aromatic carbocycles. The van der Waals surface area contributed by atoms with Crippen LogP contribution in [0.15, 0.2) is 17.4 Å². The van der Waals surface area contributed by atoms with E-state index in [0.717, 1.165) is 34.8 Å². The van der Waals surface area contributed by atoms with Crippen molar-refractivity contribution >= 4 is 28.5 Å². The Kier molecular flexibility index (Phi) is 2.91. The van der Waals surface area contributed by atoms with Gasteiger partial charge < -0.3 is 9.64 Å². The van der Waals surface area contributed by atoms with Crippen molar-refractivity contribution in [2.75, 3.05) is 24.3 Å². The van der Waals surface area contributed by atoms with Gasteiger partial charge in [0.05, 0.1) is 11.6 Å². The Hall–Kier alpha value is -1.56. The second-order valence-corrected chi connectivity index (χ2v) is 5.97. The van der Waals surface area contributed by atoms with E-state index in [4.69, 9.17) is 9.72 Å². The molecule has 5 nitrogen and oxygen atoms in total. The van der Waals surface area contributed by atoms with Crippen molar-refractivity contribution in [1.82, 2.24) is 15.0 Å². The lowest BCUT2D eigenvalue weighted by Crippen LogP contribution is -2.42. The largest absolute Gasteiger partial charge is 0.475 e. The zero-order valence-electron chi connectivity index (χ0n) is 11.4. The van der Waals surface area contributed by atoms with E-state index in [1.54, 1.807) is 18.0 Å². The normalized spacial score (nSPS) is 21.2. The first kappa shape index (κ1) is 12.2. The first-order chi connectivity index (χ1) is 9.86. The fraction of sp³-hybridized carbons (Fsp3) is 0.500. The van der Waals surface area contributed by atoms with Gasteiger partial charge in [0.15, 0.2) is 5.16 Å². The number of hydrogen-bond donors (Lipinski definition) is 0. The third-order valence-corrected chi connectivity index (χ3v) is 4.58. The van der Waals surface area contributed by atoms with Crippen LogP contribution in [0.2, 0.25) is 0 Å². The minimum Gasteiger partial charge on any atom is -0.475 e. The molecule has 0 N–H and O–H groups in total. The lowest BCUT2D eigenvalue weighted by Gasteiger charge is -2.34. The Morgan fingerprint density at radius 2 is 2.30 bits per heavy atom. The number of aromatic nitrogens is 3. The van der Waals surface area contributed by atoms with Gasteiger partial charge in [0.25, 0.3) is 0 Å². The molecule has 104 valence electrons. The molecule has 2 aromatic rings. The SMILES string of the molecule is CSc1nc2c3c(nccc3n1)OC[C@@H]1CCCCN21. The second kappa shape index (κ2) is 4.77. The van der Waals surface area contributed by atoms with Crippen LogP contribution in [0.5, 0.6) is 5.88 Å². The molecule has 0 saturated carbocycles. The van der Waals surface area contributed by atoms with Crippen LogP contribution in [0.4, 0.5) is 5.82 Å². The summed E-state index contributed by atoms with van der Waals surface area (Å²) >= 11 is 1.58. The molecule has 0 aliphatic carbocycles. The van der Waals surface area contributed by atoms with Gasteiger partial charge in [-0.3, -0.25) is 0 Å². The Bertz CT molecular complexity index is 663. The summed E-state index contributed by atoms with van der Waals surface area (Å²) in [5.41, 5.74) is 0.926. The predicted molar refractivity (Wildman–Crippen MR) is 79.6 cm³/mol. The minimum absolute atomic E-state index is 0.408. The first-order valence-electron chi connectivity index (χ1n) is 6.97. The van der Waals surface area contributed by atoms with Crippen LogP contribution in [-0.4, -0.2) is 40.4 Å². The molecular weight excluding hydrogens is 272 g/mol. The van der Waals surface area contributed by atoms with Crippen molar-refractivity contribution in [2.45, 2.75) is 30.5 Å². The fourth-order valence-electron chi connectivity index (χ4n) is 3.05. The van der Waals surface area contributed by atoms with Crippen molar-refractivity contribution < 1.29 is 4.74 Å². The van der Waals surface area contributed by atoms with Gasteiger partial charge in [-0.1, -0.05) is 11.8 Å². The number of rotatable bonds is 1. The van der Waals surface area contributed by atoms with Crippen molar-refractivity contribution in [3.63, 3.8) is 0 Å². The summed E-state index contributed by atoms with van der Waals surface area (Å²) in [5, 5.41) is 1.78. The number of thioether (sulfide) groups is 1. The third-order valence-electron chi connectivity index (χ3n) is 4.03. The number of pyridine rings is 1.